The molecule has 3 radical (unpaired) electrons. The third-order valence-corrected chi connectivity index (χ3v) is 9.57. The van der Waals surface area contributed by atoms with E-state index in [1.54, 1.807) is 0 Å². The van der Waals surface area contributed by atoms with Crippen LogP contribution in [0.3, 0.4) is 0 Å². The van der Waals surface area contributed by atoms with Gasteiger partial charge in [-0.1, -0.05) is 20.8 Å². The van der Waals surface area contributed by atoms with E-state index in [4.69, 9.17) is 30.4 Å². The quantitative estimate of drug-likeness (QED) is 0.525. The fourth-order valence-electron chi connectivity index (χ4n) is 0.557. The van der Waals surface area contributed by atoms with Crippen molar-refractivity contribution < 1.29 is 8.23 Å². The fourth-order valence-corrected chi connectivity index (χ4v) is 6.93. The first-order valence-corrected chi connectivity index (χ1v) is 11.2. The molecule has 0 spiro atoms. The molecule has 0 aliphatic rings. The molecule has 0 aliphatic heterocycles. The number of hydrogen-bond donors (Lipinski definition) is 0. The Labute approximate surface area is 95.2 Å². The van der Waals surface area contributed by atoms with Crippen LogP contribution in [0.5, 0.6) is 0 Å². The number of halogens is 2. The summed E-state index contributed by atoms with van der Waals surface area (Å²) in [5, 5.41) is 0. The van der Waals surface area contributed by atoms with Gasteiger partial charge in [-0.05, 0) is 18.1 Å². The Bertz CT molecular complexity index is 118. The highest BCUT2D eigenvalue weighted by Gasteiger charge is 2.22. The fraction of sp³-hybridized carbons (Fsp3) is 1.00. The molecular weight excluding hydrogens is 259 g/mol. The summed E-state index contributed by atoms with van der Waals surface area (Å²) >= 11 is 11.9. The topological polar surface area (TPSA) is 18.5 Å². The molecule has 0 aromatic rings. The molecule has 7 heteroatoms. The van der Waals surface area contributed by atoms with Gasteiger partial charge in [-0.25, -0.2) is 0 Å². The van der Waals surface area contributed by atoms with E-state index in [0.717, 1.165) is 18.1 Å². The standard InChI is InChI=1S/C6H15Cl2O2Si3/c1-4-11(7)9-13(6-3)10-12(8)5-2/h4-6H2,1-3H3. The summed E-state index contributed by atoms with van der Waals surface area (Å²) in [5.74, 6) is 0. The van der Waals surface area contributed by atoms with Gasteiger partial charge in [0.1, 0.15) is 0 Å². The minimum atomic E-state index is -1.18. The summed E-state index contributed by atoms with van der Waals surface area (Å²) in [4.78, 5) is 0. The summed E-state index contributed by atoms with van der Waals surface area (Å²) in [6.07, 6.45) is 0. The first-order valence-electron chi connectivity index (χ1n) is 4.38. The summed E-state index contributed by atoms with van der Waals surface area (Å²) in [6, 6.07) is 2.72. The summed E-state index contributed by atoms with van der Waals surface area (Å²) in [6.45, 7) is 6.11. The van der Waals surface area contributed by atoms with Crippen molar-refractivity contribution in [1.29, 1.82) is 0 Å². The molecule has 0 saturated heterocycles. The van der Waals surface area contributed by atoms with E-state index in [0.29, 0.717) is 0 Å². The second-order valence-electron chi connectivity index (χ2n) is 2.35. The van der Waals surface area contributed by atoms with Gasteiger partial charge in [0.25, 0.3) is 0 Å². The van der Waals surface area contributed by atoms with E-state index in [1.165, 1.54) is 0 Å². The highest BCUT2D eigenvalue weighted by Crippen LogP contribution is 2.09. The lowest BCUT2D eigenvalue weighted by Gasteiger charge is -2.17. The molecule has 0 atom stereocenters. The van der Waals surface area contributed by atoms with Crippen LogP contribution >= 0.6 is 22.2 Å². The molecule has 0 aromatic carbocycles. The van der Waals surface area contributed by atoms with Gasteiger partial charge in [-0.3, -0.25) is 0 Å². The van der Waals surface area contributed by atoms with E-state index in [-0.39, 0.29) is 0 Å². The molecule has 0 rings (SSSR count). The number of hydrogen-bond acceptors (Lipinski definition) is 2. The second kappa shape index (κ2) is 8.46. The summed E-state index contributed by atoms with van der Waals surface area (Å²) < 4.78 is 11.2. The SMILES string of the molecule is CC[Si](Cl)O[Si](CC)O[Si](Cl)CC. The maximum absolute atomic E-state index is 5.96. The lowest BCUT2D eigenvalue weighted by molar-refractivity contribution is 0.445. The molecule has 0 unspecified atom stereocenters. The van der Waals surface area contributed by atoms with Crippen molar-refractivity contribution >= 4 is 48.1 Å². The molecule has 77 valence electrons. The molecule has 0 amide bonds. The Morgan fingerprint density at radius 3 is 1.46 bits per heavy atom. The Hall–Kier alpha value is 1.15. The number of rotatable bonds is 7. The highest BCUT2D eigenvalue weighted by atomic mass is 35.6. The third kappa shape index (κ3) is 7.12. The molecule has 0 heterocycles. The van der Waals surface area contributed by atoms with Gasteiger partial charge in [0, 0.05) is 0 Å². The van der Waals surface area contributed by atoms with Crippen LogP contribution in [-0.2, 0) is 8.23 Å². The van der Waals surface area contributed by atoms with E-state index < -0.39 is 26.0 Å². The smallest absolute Gasteiger partial charge is 0.363 e. The van der Waals surface area contributed by atoms with Crippen LogP contribution in [0.15, 0.2) is 0 Å². The molecule has 0 aromatic heterocycles. The average molecular weight is 274 g/mol. The van der Waals surface area contributed by atoms with Crippen molar-refractivity contribution in [2.24, 2.45) is 0 Å². The molecule has 0 N–H and O–H groups in total. The zero-order chi connectivity index (χ0) is 10.3. The van der Waals surface area contributed by atoms with Gasteiger partial charge in [0.05, 0.1) is 0 Å². The first kappa shape index (κ1) is 14.2. The molecule has 0 fully saturated rings. The zero-order valence-electron chi connectivity index (χ0n) is 8.19. The van der Waals surface area contributed by atoms with Crippen molar-refractivity contribution in [2.75, 3.05) is 0 Å². The Morgan fingerprint density at radius 2 is 1.23 bits per heavy atom. The van der Waals surface area contributed by atoms with Crippen LogP contribution in [0.2, 0.25) is 18.1 Å². The molecule has 0 saturated carbocycles. The third-order valence-electron chi connectivity index (χ3n) is 1.29. The second-order valence-corrected chi connectivity index (χ2v) is 10.8. The maximum atomic E-state index is 5.96. The largest absolute Gasteiger partial charge is 0.423 e. The Balaban J connectivity index is 3.74. The molecule has 0 bridgehead atoms. The zero-order valence-corrected chi connectivity index (χ0v) is 12.7. The van der Waals surface area contributed by atoms with Crippen LogP contribution < -0.4 is 0 Å². The van der Waals surface area contributed by atoms with E-state index in [2.05, 4.69) is 6.92 Å². The van der Waals surface area contributed by atoms with Crippen molar-refractivity contribution in [1.82, 2.24) is 0 Å². The van der Waals surface area contributed by atoms with Crippen LogP contribution in [0.1, 0.15) is 20.8 Å². The molecule has 13 heavy (non-hydrogen) atoms. The predicted molar refractivity (Wildman–Crippen MR) is 62.6 cm³/mol. The van der Waals surface area contributed by atoms with Crippen molar-refractivity contribution in [3.8, 4) is 0 Å². The molecular formula is C6H15Cl2O2Si3. The average Bonchev–Trinajstić information content (AvgIpc) is 2.16. The molecule has 0 aliphatic carbocycles. The van der Waals surface area contributed by atoms with Gasteiger partial charge < -0.3 is 8.23 Å². The van der Waals surface area contributed by atoms with E-state index in [9.17, 15) is 0 Å². The lowest BCUT2D eigenvalue weighted by atomic mass is 11.0. The minimum Gasteiger partial charge on any atom is -0.423 e. The Kier molecular flexibility index (Phi) is 9.21. The van der Waals surface area contributed by atoms with Gasteiger partial charge in [-0.15, -0.1) is 22.2 Å². The van der Waals surface area contributed by atoms with E-state index >= 15 is 0 Å². The van der Waals surface area contributed by atoms with E-state index in [1.807, 2.05) is 13.8 Å². The van der Waals surface area contributed by atoms with Gasteiger partial charge in [0.15, 0.2) is 0 Å². The highest BCUT2D eigenvalue weighted by molar-refractivity contribution is 7.07. The van der Waals surface area contributed by atoms with Gasteiger partial charge in [0.2, 0.25) is 0 Å². The summed E-state index contributed by atoms with van der Waals surface area (Å²) in [7, 11) is -3.47. The van der Waals surface area contributed by atoms with Crippen molar-refractivity contribution in [2.45, 2.75) is 38.9 Å². The van der Waals surface area contributed by atoms with Crippen LogP contribution in [0.25, 0.3) is 0 Å². The van der Waals surface area contributed by atoms with Crippen LogP contribution in [0, 0.1) is 0 Å². The van der Waals surface area contributed by atoms with Crippen LogP contribution in [-0.4, -0.2) is 26.0 Å². The predicted octanol–water partition coefficient (Wildman–Crippen LogP) is 3.02. The Morgan fingerprint density at radius 1 is 0.846 bits per heavy atom. The maximum Gasteiger partial charge on any atom is 0.363 e. The normalized spacial score (nSPS) is 12.0. The van der Waals surface area contributed by atoms with Crippen molar-refractivity contribution in [3.05, 3.63) is 0 Å². The lowest BCUT2D eigenvalue weighted by Crippen LogP contribution is -2.32. The van der Waals surface area contributed by atoms with Crippen LogP contribution in [0.4, 0.5) is 0 Å². The van der Waals surface area contributed by atoms with Gasteiger partial charge >= 0.3 is 26.0 Å². The summed E-state index contributed by atoms with van der Waals surface area (Å²) in [5.41, 5.74) is 0. The van der Waals surface area contributed by atoms with Gasteiger partial charge in [-0.2, -0.15) is 0 Å². The minimum absolute atomic E-state index is 0.903. The monoisotopic (exact) mass is 273 g/mol. The molecule has 2 nitrogen and oxygen atoms in total. The van der Waals surface area contributed by atoms with Crippen molar-refractivity contribution in [3.63, 3.8) is 0 Å². The first-order chi connectivity index (χ1) is 6.13.